The second-order valence-electron chi connectivity index (χ2n) is 3.71. The van der Waals surface area contributed by atoms with Crippen molar-refractivity contribution in [2.75, 3.05) is 13.7 Å². The molecule has 1 aromatic rings. The molecular weight excluding hydrogens is 194 g/mol. The van der Waals surface area contributed by atoms with Crippen molar-refractivity contribution in [1.29, 1.82) is 0 Å². The minimum atomic E-state index is -0.183. The van der Waals surface area contributed by atoms with Crippen molar-refractivity contribution in [1.82, 2.24) is 14.7 Å². The van der Waals surface area contributed by atoms with Gasteiger partial charge in [0.15, 0.2) is 0 Å². The predicted octanol–water partition coefficient (Wildman–Crippen LogP) is 0.181. The van der Waals surface area contributed by atoms with Gasteiger partial charge in [0.2, 0.25) is 0 Å². The third-order valence-electron chi connectivity index (χ3n) is 2.71. The molecule has 0 saturated carbocycles. The molecule has 0 aliphatic heterocycles. The van der Waals surface area contributed by atoms with Gasteiger partial charge in [-0.2, -0.15) is 5.10 Å². The van der Waals surface area contributed by atoms with Gasteiger partial charge in [0.25, 0.3) is 5.91 Å². The normalized spacial score (nSPS) is 12.6. The molecule has 1 aromatic heterocycles. The number of likely N-dealkylation sites (N-methyl/N-ethyl adjacent to an activating group) is 1. The van der Waals surface area contributed by atoms with Crippen molar-refractivity contribution in [2.45, 2.75) is 19.9 Å². The van der Waals surface area contributed by atoms with Gasteiger partial charge in [-0.15, -0.1) is 0 Å². The van der Waals surface area contributed by atoms with Crippen LogP contribution in [0.15, 0.2) is 6.20 Å². The van der Waals surface area contributed by atoms with Gasteiger partial charge in [-0.25, -0.2) is 0 Å². The monoisotopic (exact) mass is 211 g/mol. The molecular formula is C10H17N3O2. The third kappa shape index (κ3) is 2.18. The average Bonchev–Trinajstić information content (AvgIpc) is 2.56. The fourth-order valence-electron chi connectivity index (χ4n) is 1.22. The fourth-order valence-corrected chi connectivity index (χ4v) is 1.22. The van der Waals surface area contributed by atoms with Gasteiger partial charge in [-0.05, 0) is 13.8 Å². The topological polar surface area (TPSA) is 58.4 Å². The quantitative estimate of drug-likeness (QED) is 0.776. The Bertz CT molecular complexity index is 360. The van der Waals surface area contributed by atoms with Crippen LogP contribution in [0.2, 0.25) is 0 Å². The standard InChI is InChI=1S/C10H17N3O2/c1-7(6-14)12(3)10(15)9-5-11-13(4)8(9)2/h5,7,14H,6H2,1-4H3. The van der Waals surface area contributed by atoms with E-state index in [0.29, 0.717) is 5.56 Å². The van der Waals surface area contributed by atoms with Gasteiger partial charge in [-0.3, -0.25) is 9.48 Å². The molecule has 15 heavy (non-hydrogen) atoms. The zero-order chi connectivity index (χ0) is 11.6. The molecule has 1 atom stereocenters. The zero-order valence-electron chi connectivity index (χ0n) is 9.56. The molecule has 1 rings (SSSR count). The van der Waals surface area contributed by atoms with Crippen LogP contribution in [0.1, 0.15) is 23.0 Å². The van der Waals surface area contributed by atoms with E-state index in [4.69, 9.17) is 5.11 Å². The zero-order valence-corrected chi connectivity index (χ0v) is 9.56. The predicted molar refractivity (Wildman–Crippen MR) is 56.6 cm³/mol. The van der Waals surface area contributed by atoms with Crippen LogP contribution in [0.4, 0.5) is 0 Å². The van der Waals surface area contributed by atoms with E-state index in [1.54, 1.807) is 31.9 Å². The largest absolute Gasteiger partial charge is 0.394 e. The number of nitrogens with zero attached hydrogens (tertiary/aromatic N) is 3. The highest BCUT2D eigenvalue weighted by molar-refractivity contribution is 5.95. The number of hydrogen-bond donors (Lipinski definition) is 1. The minimum Gasteiger partial charge on any atom is -0.394 e. The van der Waals surface area contributed by atoms with Crippen LogP contribution in [0.25, 0.3) is 0 Å². The van der Waals surface area contributed by atoms with Crippen molar-refractivity contribution in [2.24, 2.45) is 7.05 Å². The Kier molecular flexibility index (Phi) is 3.47. The van der Waals surface area contributed by atoms with Gasteiger partial charge in [-0.1, -0.05) is 0 Å². The highest BCUT2D eigenvalue weighted by Crippen LogP contribution is 2.10. The summed E-state index contributed by atoms with van der Waals surface area (Å²) in [5, 5.41) is 13.0. The lowest BCUT2D eigenvalue weighted by molar-refractivity contribution is 0.0681. The van der Waals surface area contributed by atoms with E-state index in [9.17, 15) is 4.79 Å². The summed E-state index contributed by atoms with van der Waals surface area (Å²) >= 11 is 0. The highest BCUT2D eigenvalue weighted by atomic mass is 16.3. The SMILES string of the molecule is Cc1c(C(=O)N(C)C(C)CO)cnn1C. The van der Waals surface area contributed by atoms with E-state index in [0.717, 1.165) is 5.69 Å². The number of aliphatic hydroxyl groups is 1. The van der Waals surface area contributed by atoms with Crippen LogP contribution < -0.4 is 0 Å². The Morgan fingerprint density at radius 1 is 1.73 bits per heavy atom. The molecule has 84 valence electrons. The highest BCUT2D eigenvalue weighted by Gasteiger charge is 2.20. The molecule has 0 bridgehead atoms. The Balaban J connectivity index is 2.90. The third-order valence-corrected chi connectivity index (χ3v) is 2.71. The molecule has 1 amide bonds. The van der Waals surface area contributed by atoms with E-state index in [1.165, 1.54) is 4.90 Å². The Morgan fingerprint density at radius 2 is 2.33 bits per heavy atom. The maximum Gasteiger partial charge on any atom is 0.257 e. The summed E-state index contributed by atoms with van der Waals surface area (Å²) in [5.41, 5.74) is 1.41. The molecule has 0 spiro atoms. The molecule has 5 nitrogen and oxygen atoms in total. The van der Waals surface area contributed by atoms with E-state index in [-0.39, 0.29) is 18.6 Å². The van der Waals surface area contributed by atoms with E-state index in [2.05, 4.69) is 5.10 Å². The fraction of sp³-hybridized carbons (Fsp3) is 0.600. The van der Waals surface area contributed by atoms with E-state index >= 15 is 0 Å². The summed E-state index contributed by atoms with van der Waals surface area (Å²) < 4.78 is 1.66. The summed E-state index contributed by atoms with van der Waals surface area (Å²) in [6, 6.07) is -0.183. The molecule has 0 aromatic carbocycles. The lowest BCUT2D eigenvalue weighted by atomic mass is 10.2. The Hall–Kier alpha value is -1.36. The van der Waals surface area contributed by atoms with Gasteiger partial charge in [0.05, 0.1) is 24.4 Å². The molecule has 1 unspecified atom stereocenters. The van der Waals surface area contributed by atoms with Crippen molar-refractivity contribution >= 4 is 5.91 Å². The number of aryl methyl sites for hydroxylation is 1. The average molecular weight is 211 g/mol. The molecule has 0 aliphatic carbocycles. The molecule has 0 fully saturated rings. The van der Waals surface area contributed by atoms with Crippen molar-refractivity contribution in [3.63, 3.8) is 0 Å². The second-order valence-corrected chi connectivity index (χ2v) is 3.71. The molecule has 0 saturated heterocycles. The number of amides is 1. The first-order valence-corrected chi connectivity index (χ1v) is 4.85. The summed E-state index contributed by atoms with van der Waals surface area (Å²) in [4.78, 5) is 13.5. The Morgan fingerprint density at radius 3 is 2.73 bits per heavy atom. The van der Waals surface area contributed by atoms with Gasteiger partial charge in [0.1, 0.15) is 0 Å². The van der Waals surface area contributed by atoms with Crippen LogP contribution >= 0.6 is 0 Å². The summed E-state index contributed by atoms with van der Waals surface area (Å²) in [6.45, 7) is 3.60. The molecule has 1 N–H and O–H groups in total. The summed E-state index contributed by atoms with van der Waals surface area (Å²) in [7, 11) is 3.47. The Labute approximate surface area is 89.3 Å². The van der Waals surface area contributed by atoms with Crippen LogP contribution in [0.5, 0.6) is 0 Å². The van der Waals surface area contributed by atoms with E-state index < -0.39 is 0 Å². The van der Waals surface area contributed by atoms with Crippen LogP contribution in [0.3, 0.4) is 0 Å². The van der Waals surface area contributed by atoms with Crippen molar-refractivity contribution in [3.8, 4) is 0 Å². The minimum absolute atomic E-state index is 0.0401. The molecule has 0 aliphatic rings. The second kappa shape index (κ2) is 4.44. The van der Waals surface area contributed by atoms with Crippen molar-refractivity contribution < 1.29 is 9.90 Å². The summed E-state index contributed by atoms with van der Waals surface area (Å²) in [5.74, 6) is -0.109. The summed E-state index contributed by atoms with van der Waals surface area (Å²) in [6.07, 6.45) is 1.55. The number of hydrogen-bond acceptors (Lipinski definition) is 3. The molecule has 5 heteroatoms. The first-order valence-electron chi connectivity index (χ1n) is 4.85. The lowest BCUT2D eigenvalue weighted by Gasteiger charge is -2.22. The number of rotatable bonds is 3. The van der Waals surface area contributed by atoms with Crippen LogP contribution in [-0.4, -0.2) is 45.4 Å². The van der Waals surface area contributed by atoms with E-state index in [1.807, 2.05) is 6.92 Å². The maximum atomic E-state index is 11.9. The maximum absolute atomic E-state index is 11.9. The first-order chi connectivity index (χ1) is 6.99. The number of carbonyl (C=O) groups is 1. The van der Waals surface area contributed by atoms with Gasteiger partial charge < -0.3 is 10.0 Å². The number of aromatic nitrogens is 2. The van der Waals surface area contributed by atoms with Crippen LogP contribution in [0, 0.1) is 6.92 Å². The first kappa shape index (κ1) is 11.7. The van der Waals surface area contributed by atoms with Crippen LogP contribution in [-0.2, 0) is 7.05 Å². The smallest absolute Gasteiger partial charge is 0.257 e. The lowest BCUT2D eigenvalue weighted by Crippen LogP contribution is -2.37. The number of aliphatic hydroxyl groups excluding tert-OH is 1. The molecule has 0 radical (unpaired) electrons. The van der Waals surface area contributed by atoms with Gasteiger partial charge in [0, 0.05) is 19.8 Å². The molecule has 1 heterocycles. The number of carbonyl (C=O) groups excluding carboxylic acids is 1. The van der Waals surface area contributed by atoms with Gasteiger partial charge >= 0.3 is 0 Å². The van der Waals surface area contributed by atoms with Crippen molar-refractivity contribution in [3.05, 3.63) is 17.5 Å².